The summed E-state index contributed by atoms with van der Waals surface area (Å²) in [5.41, 5.74) is 2.87. The zero-order chi connectivity index (χ0) is 20.8. The molecule has 1 atom stereocenters. The molecule has 29 heavy (non-hydrogen) atoms. The van der Waals surface area contributed by atoms with Crippen LogP contribution in [0.25, 0.3) is 10.9 Å². The normalized spacial score (nSPS) is 12.1. The summed E-state index contributed by atoms with van der Waals surface area (Å²) in [6.45, 7) is 3.25. The van der Waals surface area contributed by atoms with Crippen LogP contribution in [0.15, 0.2) is 48.5 Å². The molecule has 0 saturated carbocycles. The predicted molar refractivity (Wildman–Crippen MR) is 113 cm³/mol. The van der Waals surface area contributed by atoms with Gasteiger partial charge in [0.2, 0.25) is 5.91 Å². The van der Waals surface area contributed by atoms with E-state index >= 15 is 0 Å². The van der Waals surface area contributed by atoms with E-state index in [1.54, 1.807) is 24.3 Å². The minimum atomic E-state index is -0.932. The molecule has 152 valence electrons. The number of halogens is 1. The molecule has 3 rings (SSSR count). The Balaban J connectivity index is 1.51. The van der Waals surface area contributed by atoms with Crippen LogP contribution in [0.4, 0.5) is 0 Å². The lowest BCUT2D eigenvalue weighted by Gasteiger charge is -2.15. The fourth-order valence-electron chi connectivity index (χ4n) is 3.43. The molecule has 0 fully saturated rings. The summed E-state index contributed by atoms with van der Waals surface area (Å²) < 4.78 is 1.96. The number of hydrogen-bond acceptors (Lipinski definition) is 3. The van der Waals surface area contributed by atoms with E-state index < -0.39 is 5.97 Å². The van der Waals surface area contributed by atoms with Crippen LogP contribution in [-0.4, -0.2) is 33.3 Å². The molecular weight excluding hydrogens is 390 g/mol. The van der Waals surface area contributed by atoms with Gasteiger partial charge in [0.15, 0.2) is 0 Å². The largest absolute Gasteiger partial charge is 0.481 e. The van der Waals surface area contributed by atoms with Crippen LogP contribution in [-0.2, 0) is 16.1 Å². The van der Waals surface area contributed by atoms with Gasteiger partial charge in [-0.3, -0.25) is 14.3 Å². The van der Waals surface area contributed by atoms with Crippen molar-refractivity contribution in [1.29, 1.82) is 0 Å². The molecule has 0 spiro atoms. The Morgan fingerprint density at radius 3 is 2.55 bits per heavy atom. The minimum Gasteiger partial charge on any atom is -0.481 e. The number of carbonyl (C=O) groups is 2. The maximum atomic E-state index is 12.3. The van der Waals surface area contributed by atoms with Gasteiger partial charge >= 0.3 is 5.97 Å². The second-order valence-electron chi connectivity index (χ2n) is 7.08. The van der Waals surface area contributed by atoms with Crippen LogP contribution in [0.1, 0.15) is 36.4 Å². The fraction of sp³-hybridized carbons (Fsp3) is 0.318. The van der Waals surface area contributed by atoms with Crippen LogP contribution >= 0.6 is 11.6 Å². The van der Waals surface area contributed by atoms with Gasteiger partial charge in [-0.1, -0.05) is 41.9 Å². The summed E-state index contributed by atoms with van der Waals surface area (Å²) in [4.78, 5) is 23.5. The number of aromatic nitrogens is 2. The number of carboxylic acids is 1. The molecule has 1 unspecified atom stereocenters. The van der Waals surface area contributed by atoms with Crippen molar-refractivity contribution in [2.45, 2.75) is 38.6 Å². The Kier molecular flexibility index (Phi) is 6.88. The molecule has 7 heteroatoms. The Morgan fingerprint density at radius 1 is 1.14 bits per heavy atom. The summed E-state index contributed by atoms with van der Waals surface area (Å²) in [5, 5.41) is 18.4. The first kappa shape index (κ1) is 20.9. The molecule has 0 aliphatic heterocycles. The van der Waals surface area contributed by atoms with Crippen molar-refractivity contribution < 1.29 is 14.7 Å². The van der Waals surface area contributed by atoms with E-state index in [0.717, 1.165) is 28.6 Å². The topological polar surface area (TPSA) is 84.2 Å². The molecule has 1 aromatic heterocycles. The monoisotopic (exact) mass is 413 g/mol. The van der Waals surface area contributed by atoms with E-state index in [2.05, 4.69) is 16.5 Å². The van der Waals surface area contributed by atoms with E-state index in [4.69, 9.17) is 11.6 Å². The number of nitrogens with one attached hydrogen (secondary N) is 1. The lowest BCUT2D eigenvalue weighted by Crippen LogP contribution is -2.27. The first-order chi connectivity index (χ1) is 13.9. The Morgan fingerprint density at radius 2 is 1.86 bits per heavy atom. The summed E-state index contributed by atoms with van der Waals surface area (Å²) in [7, 11) is 0. The second kappa shape index (κ2) is 9.56. The third-order valence-corrected chi connectivity index (χ3v) is 5.22. The molecule has 2 N–H and O–H groups in total. The zero-order valence-electron chi connectivity index (χ0n) is 16.3. The van der Waals surface area contributed by atoms with Crippen molar-refractivity contribution in [2.24, 2.45) is 0 Å². The number of benzene rings is 2. The van der Waals surface area contributed by atoms with E-state index in [1.807, 2.05) is 29.8 Å². The SMILES string of the molecule is Cc1c2ccccc2nn1CCCNC(=O)CC(CC(=O)O)c1ccc(Cl)cc1. The van der Waals surface area contributed by atoms with Crippen LogP contribution in [0.3, 0.4) is 0 Å². The second-order valence-corrected chi connectivity index (χ2v) is 7.52. The average molecular weight is 414 g/mol. The third-order valence-electron chi connectivity index (χ3n) is 4.97. The number of nitrogens with zero attached hydrogens (tertiary/aromatic N) is 2. The highest BCUT2D eigenvalue weighted by Gasteiger charge is 2.19. The van der Waals surface area contributed by atoms with E-state index in [9.17, 15) is 14.7 Å². The average Bonchev–Trinajstić information content (AvgIpc) is 3.01. The standard InChI is InChI=1S/C22H24ClN3O3/c1-15-19-5-2-3-6-20(19)25-26(15)12-4-11-24-21(27)13-17(14-22(28)29)16-7-9-18(23)10-8-16/h2-3,5-10,17H,4,11-14H2,1H3,(H,24,27)(H,28,29). The molecule has 0 radical (unpaired) electrons. The van der Waals surface area contributed by atoms with Crippen molar-refractivity contribution >= 4 is 34.4 Å². The number of carbonyl (C=O) groups excluding carboxylic acids is 1. The Labute approximate surface area is 174 Å². The first-order valence-electron chi connectivity index (χ1n) is 9.60. The fourth-order valence-corrected chi connectivity index (χ4v) is 3.56. The number of amides is 1. The lowest BCUT2D eigenvalue weighted by atomic mass is 9.92. The number of hydrogen-bond donors (Lipinski definition) is 2. The highest BCUT2D eigenvalue weighted by Crippen LogP contribution is 2.25. The van der Waals surface area contributed by atoms with Crippen LogP contribution < -0.4 is 5.32 Å². The number of aliphatic carboxylic acids is 1. The van der Waals surface area contributed by atoms with Crippen molar-refractivity contribution in [3.05, 3.63) is 64.8 Å². The molecule has 1 heterocycles. The van der Waals surface area contributed by atoms with E-state index in [1.165, 1.54) is 0 Å². The molecule has 6 nitrogen and oxygen atoms in total. The van der Waals surface area contributed by atoms with Gasteiger partial charge in [0, 0.05) is 41.5 Å². The highest BCUT2D eigenvalue weighted by molar-refractivity contribution is 6.30. The Bertz CT molecular complexity index is 998. The van der Waals surface area contributed by atoms with Crippen LogP contribution in [0.5, 0.6) is 0 Å². The van der Waals surface area contributed by atoms with Crippen molar-refractivity contribution in [1.82, 2.24) is 15.1 Å². The van der Waals surface area contributed by atoms with E-state index in [-0.39, 0.29) is 24.7 Å². The van der Waals surface area contributed by atoms with Gasteiger partial charge in [0.1, 0.15) is 0 Å². The molecule has 0 bridgehead atoms. The number of aryl methyl sites for hydroxylation is 2. The summed E-state index contributed by atoms with van der Waals surface area (Å²) >= 11 is 5.90. The molecular formula is C22H24ClN3O3. The van der Waals surface area contributed by atoms with Gasteiger partial charge in [-0.2, -0.15) is 5.10 Å². The number of fused-ring (bicyclic) bond motifs is 1. The van der Waals surface area contributed by atoms with E-state index in [0.29, 0.717) is 18.1 Å². The molecule has 0 aliphatic rings. The van der Waals surface area contributed by atoms with Crippen molar-refractivity contribution in [3.8, 4) is 0 Å². The lowest BCUT2D eigenvalue weighted by molar-refractivity contribution is -0.137. The summed E-state index contributed by atoms with van der Waals surface area (Å²) in [6, 6.07) is 15.0. The molecule has 0 saturated heterocycles. The molecule has 3 aromatic rings. The molecule has 0 aliphatic carbocycles. The van der Waals surface area contributed by atoms with Crippen LogP contribution in [0.2, 0.25) is 5.02 Å². The Hall–Kier alpha value is -2.86. The summed E-state index contributed by atoms with van der Waals surface area (Å²) in [5.74, 6) is -1.48. The van der Waals surface area contributed by atoms with Crippen molar-refractivity contribution in [3.63, 3.8) is 0 Å². The zero-order valence-corrected chi connectivity index (χ0v) is 17.0. The van der Waals surface area contributed by atoms with Crippen LogP contribution in [0, 0.1) is 6.92 Å². The van der Waals surface area contributed by atoms with Gasteiger partial charge < -0.3 is 10.4 Å². The van der Waals surface area contributed by atoms with Gasteiger partial charge in [-0.15, -0.1) is 0 Å². The maximum Gasteiger partial charge on any atom is 0.303 e. The minimum absolute atomic E-state index is 0.103. The summed E-state index contributed by atoms with van der Waals surface area (Å²) in [6.07, 6.45) is 0.762. The highest BCUT2D eigenvalue weighted by atomic mass is 35.5. The number of rotatable bonds is 9. The number of carboxylic acid groups (broad SMARTS) is 1. The van der Waals surface area contributed by atoms with Gasteiger partial charge in [-0.25, -0.2) is 0 Å². The van der Waals surface area contributed by atoms with Gasteiger partial charge in [0.25, 0.3) is 0 Å². The van der Waals surface area contributed by atoms with Gasteiger partial charge in [-0.05, 0) is 37.1 Å². The quantitative estimate of drug-likeness (QED) is 0.516. The van der Waals surface area contributed by atoms with Crippen molar-refractivity contribution in [2.75, 3.05) is 6.54 Å². The third kappa shape index (κ3) is 5.57. The first-order valence-corrected chi connectivity index (χ1v) is 9.98. The van der Waals surface area contributed by atoms with Gasteiger partial charge in [0.05, 0.1) is 11.9 Å². The smallest absolute Gasteiger partial charge is 0.303 e. The molecule has 1 amide bonds. The molecule has 2 aromatic carbocycles. The maximum absolute atomic E-state index is 12.3. The predicted octanol–water partition coefficient (Wildman–Crippen LogP) is 4.15.